The minimum atomic E-state index is 0.00667. The molecule has 0 spiro atoms. The number of aromatic nitrogens is 1. The highest BCUT2D eigenvalue weighted by atomic mass is 32.2. The second-order valence-electron chi connectivity index (χ2n) is 7.08. The lowest BCUT2D eigenvalue weighted by atomic mass is 9.74. The van der Waals surface area contributed by atoms with E-state index in [0.717, 1.165) is 21.4 Å². The second-order valence-corrected chi connectivity index (χ2v) is 9.28. The van der Waals surface area contributed by atoms with Gasteiger partial charge in [-0.15, -0.1) is 11.8 Å². The molecule has 5 atom stereocenters. The maximum absolute atomic E-state index is 12.0. The third kappa shape index (κ3) is 1.96. The van der Waals surface area contributed by atoms with E-state index in [0.29, 0.717) is 22.8 Å². The number of rotatable bonds is 2. The summed E-state index contributed by atoms with van der Waals surface area (Å²) in [5.41, 5.74) is 0.911. The van der Waals surface area contributed by atoms with Gasteiger partial charge in [-0.05, 0) is 43.1 Å². The summed E-state index contributed by atoms with van der Waals surface area (Å²) in [6.45, 7) is 0. The summed E-state index contributed by atoms with van der Waals surface area (Å²) in [6, 6.07) is 5.72. The topological polar surface area (TPSA) is 62.3 Å². The van der Waals surface area contributed by atoms with Crippen molar-refractivity contribution in [2.24, 2.45) is 17.8 Å². The predicted molar refractivity (Wildman–Crippen MR) is 95.4 cm³/mol. The molecular formula is C18H19NO3S2. The third-order valence-electron chi connectivity index (χ3n) is 6.05. The second kappa shape index (κ2) is 5.30. The number of fused-ring (bicyclic) bond motifs is 6. The molecule has 0 saturated heterocycles. The van der Waals surface area contributed by atoms with Crippen LogP contribution in [0.1, 0.15) is 35.6 Å². The number of phenols is 1. The minimum absolute atomic E-state index is 0.00667. The van der Waals surface area contributed by atoms with E-state index in [2.05, 4.69) is 4.98 Å². The molecule has 2 fully saturated rings. The Labute approximate surface area is 148 Å². The number of thioether (sulfide) groups is 1. The number of H-pyrrole nitrogens is 1. The third-order valence-corrected chi connectivity index (χ3v) is 8.67. The van der Waals surface area contributed by atoms with Crippen LogP contribution in [0.3, 0.4) is 0 Å². The Morgan fingerprint density at radius 3 is 2.96 bits per heavy atom. The Morgan fingerprint density at radius 2 is 2.12 bits per heavy atom. The van der Waals surface area contributed by atoms with E-state index in [4.69, 9.17) is 4.74 Å². The summed E-state index contributed by atoms with van der Waals surface area (Å²) < 4.78 is 5.32. The van der Waals surface area contributed by atoms with E-state index in [1.165, 1.54) is 30.6 Å². The number of benzene rings is 1. The van der Waals surface area contributed by atoms with Gasteiger partial charge in [-0.3, -0.25) is 4.79 Å². The molecule has 1 aromatic heterocycles. The van der Waals surface area contributed by atoms with Crippen LogP contribution in [0.2, 0.25) is 0 Å². The Hall–Kier alpha value is -1.40. The van der Waals surface area contributed by atoms with Crippen LogP contribution in [0, 0.1) is 17.8 Å². The van der Waals surface area contributed by atoms with Crippen molar-refractivity contribution in [3.05, 3.63) is 38.3 Å². The number of para-hydroxylation sites is 1. The summed E-state index contributed by atoms with van der Waals surface area (Å²) in [4.78, 5) is 16.1. The molecule has 1 aromatic carbocycles. The van der Waals surface area contributed by atoms with Crippen molar-refractivity contribution in [3.8, 4) is 11.5 Å². The van der Waals surface area contributed by atoms with Crippen LogP contribution in [0.5, 0.6) is 11.5 Å². The van der Waals surface area contributed by atoms with E-state index >= 15 is 0 Å². The molecule has 2 heterocycles. The fourth-order valence-corrected chi connectivity index (χ4v) is 8.04. The molecule has 1 aliphatic heterocycles. The van der Waals surface area contributed by atoms with Gasteiger partial charge in [0.25, 0.3) is 0 Å². The highest BCUT2D eigenvalue weighted by Gasteiger charge is 2.55. The standard InChI is InChI=1S/C18H19NO3S2/c1-22-11-4-2-3-10(14(11)20)13-12-8-5-6-9(7-8)15(12)23-17-16(13)24-18(21)19-17/h2-4,8-9,12-13,15,20H,5-7H2,1H3,(H,19,21)/t8-,9+,12+,13+,15+/m0/s1. The summed E-state index contributed by atoms with van der Waals surface area (Å²) in [5.74, 6) is 2.79. The zero-order valence-corrected chi connectivity index (χ0v) is 15.0. The van der Waals surface area contributed by atoms with Crippen molar-refractivity contribution in [1.29, 1.82) is 0 Å². The largest absolute Gasteiger partial charge is 0.504 e. The Morgan fingerprint density at radius 1 is 1.29 bits per heavy atom. The maximum atomic E-state index is 12.0. The van der Waals surface area contributed by atoms with Gasteiger partial charge in [0.1, 0.15) is 0 Å². The molecule has 2 aliphatic carbocycles. The van der Waals surface area contributed by atoms with Crippen LogP contribution in [-0.4, -0.2) is 22.5 Å². The van der Waals surface area contributed by atoms with Crippen LogP contribution in [0.25, 0.3) is 0 Å². The molecular weight excluding hydrogens is 342 g/mol. The van der Waals surface area contributed by atoms with Gasteiger partial charge < -0.3 is 14.8 Å². The average molecular weight is 361 g/mol. The first-order valence-electron chi connectivity index (χ1n) is 8.43. The maximum Gasteiger partial charge on any atom is 0.305 e. The highest BCUT2D eigenvalue weighted by molar-refractivity contribution is 8.00. The number of aromatic hydroxyl groups is 1. The summed E-state index contributed by atoms with van der Waals surface area (Å²) in [6.07, 6.45) is 3.88. The zero-order valence-electron chi connectivity index (χ0n) is 13.3. The molecule has 2 N–H and O–H groups in total. The van der Waals surface area contributed by atoms with Crippen LogP contribution in [-0.2, 0) is 0 Å². The Balaban J connectivity index is 1.71. The SMILES string of the molecule is COc1cccc([C@H]2c3sc(=O)[nH]c3S[C@@H]3[C@@H]4CC[C@@H](C4)[C@H]23)c1O. The highest BCUT2D eigenvalue weighted by Crippen LogP contribution is 2.64. The number of hydrogen-bond acceptors (Lipinski definition) is 5. The molecule has 0 unspecified atom stereocenters. The molecule has 6 heteroatoms. The number of nitrogens with one attached hydrogen (secondary N) is 1. The van der Waals surface area contributed by atoms with E-state index in [1.807, 2.05) is 23.9 Å². The number of ether oxygens (including phenoxy) is 1. The van der Waals surface area contributed by atoms with Crippen molar-refractivity contribution in [3.63, 3.8) is 0 Å². The number of hydrogen-bond donors (Lipinski definition) is 2. The van der Waals surface area contributed by atoms with Crippen LogP contribution < -0.4 is 9.61 Å². The van der Waals surface area contributed by atoms with Gasteiger partial charge >= 0.3 is 4.87 Å². The van der Waals surface area contributed by atoms with Gasteiger partial charge in [-0.2, -0.15) is 0 Å². The van der Waals surface area contributed by atoms with Crippen LogP contribution >= 0.6 is 23.1 Å². The van der Waals surface area contributed by atoms with Crippen molar-refractivity contribution in [2.45, 2.75) is 35.5 Å². The van der Waals surface area contributed by atoms with Crippen molar-refractivity contribution in [1.82, 2.24) is 4.98 Å². The van der Waals surface area contributed by atoms with Crippen molar-refractivity contribution >= 4 is 23.1 Å². The minimum Gasteiger partial charge on any atom is -0.504 e. The molecule has 0 amide bonds. The normalized spacial score (nSPS) is 33.3. The van der Waals surface area contributed by atoms with Gasteiger partial charge in [-0.1, -0.05) is 23.5 Å². The molecule has 24 heavy (non-hydrogen) atoms. The van der Waals surface area contributed by atoms with Gasteiger partial charge in [0.05, 0.1) is 12.1 Å². The number of methoxy groups -OCH3 is 1. The summed E-state index contributed by atoms with van der Waals surface area (Å²) >= 11 is 3.18. The number of aromatic amines is 1. The Kier molecular flexibility index (Phi) is 3.29. The fourth-order valence-electron chi connectivity index (χ4n) is 5.15. The molecule has 0 radical (unpaired) electrons. The lowest BCUT2D eigenvalue weighted by Gasteiger charge is -2.40. The summed E-state index contributed by atoms with van der Waals surface area (Å²) in [5, 5.41) is 12.3. The average Bonchev–Trinajstić information content (AvgIpc) is 3.26. The molecule has 2 bridgehead atoms. The Bertz CT molecular complexity index is 858. The predicted octanol–water partition coefficient (Wildman–Crippen LogP) is 3.80. The molecule has 3 aliphatic rings. The number of phenolic OH excluding ortho intramolecular Hbond substituents is 1. The van der Waals surface area contributed by atoms with E-state index in [9.17, 15) is 9.90 Å². The molecule has 126 valence electrons. The van der Waals surface area contributed by atoms with Gasteiger partial charge in [0, 0.05) is 21.6 Å². The molecule has 4 nitrogen and oxygen atoms in total. The van der Waals surface area contributed by atoms with Crippen molar-refractivity contribution in [2.75, 3.05) is 7.11 Å². The van der Waals surface area contributed by atoms with Gasteiger partial charge in [0.15, 0.2) is 11.5 Å². The number of thiazole rings is 1. The van der Waals surface area contributed by atoms with Crippen LogP contribution in [0.15, 0.2) is 28.0 Å². The molecule has 2 aromatic rings. The first-order valence-corrected chi connectivity index (χ1v) is 10.1. The summed E-state index contributed by atoms with van der Waals surface area (Å²) in [7, 11) is 1.58. The smallest absolute Gasteiger partial charge is 0.305 e. The fraction of sp³-hybridized carbons (Fsp3) is 0.500. The van der Waals surface area contributed by atoms with E-state index in [-0.39, 0.29) is 16.5 Å². The quantitative estimate of drug-likeness (QED) is 0.854. The lowest BCUT2D eigenvalue weighted by molar-refractivity contribution is 0.300. The first-order chi connectivity index (χ1) is 11.7. The van der Waals surface area contributed by atoms with Crippen LogP contribution in [0.4, 0.5) is 0 Å². The van der Waals surface area contributed by atoms with Gasteiger partial charge in [0.2, 0.25) is 0 Å². The zero-order chi connectivity index (χ0) is 16.4. The molecule has 5 rings (SSSR count). The van der Waals surface area contributed by atoms with Gasteiger partial charge in [-0.25, -0.2) is 0 Å². The lowest BCUT2D eigenvalue weighted by Crippen LogP contribution is -2.33. The van der Waals surface area contributed by atoms with Crippen molar-refractivity contribution < 1.29 is 9.84 Å². The molecule has 2 saturated carbocycles. The van der Waals surface area contributed by atoms with E-state index < -0.39 is 0 Å². The first kappa shape index (κ1) is 14.9. The van der Waals surface area contributed by atoms with E-state index in [1.54, 1.807) is 13.2 Å². The monoisotopic (exact) mass is 361 g/mol.